The van der Waals surface area contributed by atoms with Gasteiger partial charge in [-0.15, -0.1) is 0 Å². The Bertz CT molecular complexity index is 670. The molecule has 1 aliphatic rings. The first-order valence-electron chi connectivity index (χ1n) is 6.59. The van der Waals surface area contributed by atoms with E-state index in [2.05, 4.69) is 0 Å². The summed E-state index contributed by atoms with van der Waals surface area (Å²) in [6.07, 6.45) is 0. The molecule has 0 unspecified atom stereocenters. The van der Waals surface area contributed by atoms with Gasteiger partial charge in [0.2, 0.25) is 0 Å². The second kappa shape index (κ2) is 5.76. The van der Waals surface area contributed by atoms with E-state index in [0.29, 0.717) is 23.0 Å². The van der Waals surface area contributed by atoms with Crippen molar-refractivity contribution in [2.24, 2.45) is 0 Å². The number of aliphatic hydroxyl groups excluding tert-OH is 1. The van der Waals surface area contributed by atoms with Crippen molar-refractivity contribution in [3.63, 3.8) is 0 Å². The molecular weight excluding hydrogens is 290 g/mol. The first-order valence-corrected chi connectivity index (χ1v) is 6.96. The van der Waals surface area contributed by atoms with Crippen molar-refractivity contribution in [2.75, 3.05) is 11.5 Å². The topological polar surface area (TPSA) is 49.8 Å². The second-order valence-electron chi connectivity index (χ2n) is 4.86. The molecule has 0 radical (unpaired) electrons. The number of benzene rings is 2. The van der Waals surface area contributed by atoms with E-state index in [0.717, 1.165) is 11.1 Å². The van der Waals surface area contributed by atoms with E-state index < -0.39 is 0 Å². The molecular formula is C16H14ClNO3. The smallest absolute Gasteiger partial charge is 0.265 e. The molecule has 0 fully saturated rings. The van der Waals surface area contributed by atoms with Crippen molar-refractivity contribution in [2.45, 2.75) is 13.2 Å². The largest absolute Gasteiger partial charge is 0.482 e. The molecule has 0 bridgehead atoms. The lowest BCUT2D eigenvalue weighted by Gasteiger charge is -2.29. The summed E-state index contributed by atoms with van der Waals surface area (Å²) < 4.78 is 5.41. The third kappa shape index (κ3) is 2.86. The summed E-state index contributed by atoms with van der Waals surface area (Å²) in [4.78, 5) is 13.8. The Hall–Kier alpha value is -2.04. The minimum atomic E-state index is -0.101. The molecule has 4 nitrogen and oxygen atoms in total. The zero-order valence-electron chi connectivity index (χ0n) is 11.3. The number of halogens is 1. The van der Waals surface area contributed by atoms with Crippen molar-refractivity contribution in [1.29, 1.82) is 0 Å². The molecule has 2 aromatic carbocycles. The Morgan fingerprint density at radius 2 is 1.86 bits per heavy atom. The molecule has 0 saturated heterocycles. The molecule has 0 saturated carbocycles. The first-order chi connectivity index (χ1) is 10.2. The normalized spacial score (nSPS) is 13.8. The average Bonchev–Trinajstić information content (AvgIpc) is 2.51. The van der Waals surface area contributed by atoms with Crippen LogP contribution in [-0.2, 0) is 17.9 Å². The summed E-state index contributed by atoms with van der Waals surface area (Å²) in [5, 5.41) is 9.62. The maximum Gasteiger partial charge on any atom is 0.265 e. The van der Waals surface area contributed by atoms with E-state index in [9.17, 15) is 4.79 Å². The highest BCUT2D eigenvalue weighted by molar-refractivity contribution is 6.31. The van der Waals surface area contributed by atoms with Crippen LogP contribution < -0.4 is 9.64 Å². The summed E-state index contributed by atoms with van der Waals surface area (Å²) in [5.74, 6) is 0.557. The van der Waals surface area contributed by atoms with Gasteiger partial charge < -0.3 is 14.7 Å². The lowest BCUT2D eigenvalue weighted by atomic mass is 10.1. The van der Waals surface area contributed by atoms with Crippen LogP contribution in [0.3, 0.4) is 0 Å². The Kier molecular flexibility index (Phi) is 3.82. The number of nitrogens with zero attached hydrogens (tertiary/aromatic N) is 1. The van der Waals surface area contributed by atoms with Gasteiger partial charge in [-0.25, -0.2) is 0 Å². The van der Waals surface area contributed by atoms with Crippen molar-refractivity contribution >= 4 is 23.2 Å². The highest BCUT2D eigenvalue weighted by Crippen LogP contribution is 2.35. The summed E-state index contributed by atoms with van der Waals surface area (Å²) in [5.41, 5.74) is 2.51. The predicted octanol–water partition coefficient (Wildman–Crippen LogP) is 2.76. The van der Waals surface area contributed by atoms with E-state index in [4.69, 9.17) is 21.4 Å². The highest BCUT2D eigenvalue weighted by atomic mass is 35.5. The van der Waals surface area contributed by atoms with E-state index in [1.165, 1.54) is 0 Å². The molecule has 0 aliphatic carbocycles. The number of hydrogen-bond donors (Lipinski definition) is 1. The van der Waals surface area contributed by atoms with Gasteiger partial charge in [-0.2, -0.15) is 0 Å². The predicted molar refractivity (Wildman–Crippen MR) is 80.5 cm³/mol. The van der Waals surface area contributed by atoms with Gasteiger partial charge >= 0.3 is 0 Å². The third-order valence-electron chi connectivity index (χ3n) is 3.41. The number of rotatable bonds is 3. The quantitative estimate of drug-likeness (QED) is 0.948. The van der Waals surface area contributed by atoms with E-state index in [-0.39, 0.29) is 19.1 Å². The van der Waals surface area contributed by atoms with Crippen molar-refractivity contribution in [3.05, 3.63) is 58.6 Å². The van der Waals surface area contributed by atoms with E-state index in [1.807, 2.05) is 24.3 Å². The van der Waals surface area contributed by atoms with Crippen LogP contribution in [0.4, 0.5) is 5.69 Å². The van der Waals surface area contributed by atoms with E-state index in [1.54, 1.807) is 23.1 Å². The fourth-order valence-corrected chi connectivity index (χ4v) is 2.45. The Morgan fingerprint density at radius 1 is 1.14 bits per heavy atom. The van der Waals surface area contributed by atoms with Crippen molar-refractivity contribution in [3.8, 4) is 5.75 Å². The second-order valence-corrected chi connectivity index (χ2v) is 5.29. The molecule has 5 heteroatoms. The van der Waals surface area contributed by atoms with Crippen LogP contribution in [0, 0.1) is 0 Å². The number of carbonyl (C=O) groups is 1. The average molecular weight is 304 g/mol. The number of anilines is 1. The minimum absolute atomic E-state index is 0.00913. The van der Waals surface area contributed by atoms with Crippen LogP contribution in [-0.4, -0.2) is 17.6 Å². The van der Waals surface area contributed by atoms with Gasteiger partial charge in [0, 0.05) is 5.02 Å². The van der Waals surface area contributed by atoms with Gasteiger partial charge in [0.15, 0.2) is 6.61 Å². The van der Waals surface area contributed by atoms with Gasteiger partial charge in [0.25, 0.3) is 5.91 Å². The lowest BCUT2D eigenvalue weighted by molar-refractivity contribution is -0.121. The zero-order chi connectivity index (χ0) is 14.8. The van der Waals surface area contributed by atoms with E-state index >= 15 is 0 Å². The number of fused-ring (bicyclic) bond motifs is 1. The minimum Gasteiger partial charge on any atom is -0.482 e. The number of carbonyl (C=O) groups excluding carboxylic acids is 1. The molecule has 1 aliphatic heterocycles. The summed E-state index contributed by atoms with van der Waals surface area (Å²) in [6, 6.07) is 12.7. The number of aliphatic hydroxyl groups is 1. The van der Waals surface area contributed by atoms with Gasteiger partial charge in [-0.3, -0.25) is 4.79 Å². The van der Waals surface area contributed by atoms with Crippen molar-refractivity contribution in [1.82, 2.24) is 0 Å². The maximum absolute atomic E-state index is 12.1. The monoisotopic (exact) mass is 303 g/mol. The Labute approximate surface area is 127 Å². The van der Waals surface area contributed by atoms with Crippen LogP contribution in [0.15, 0.2) is 42.5 Å². The molecule has 1 amide bonds. The lowest BCUT2D eigenvalue weighted by Crippen LogP contribution is -2.38. The Morgan fingerprint density at radius 3 is 2.57 bits per heavy atom. The van der Waals surface area contributed by atoms with Crippen LogP contribution in [0.5, 0.6) is 5.75 Å². The van der Waals surface area contributed by atoms with Gasteiger partial charge in [0.1, 0.15) is 5.75 Å². The molecule has 21 heavy (non-hydrogen) atoms. The number of hydrogen-bond acceptors (Lipinski definition) is 3. The van der Waals surface area contributed by atoms with Crippen LogP contribution in [0.1, 0.15) is 11.1 Å². The van der Waals surface area contributed by atoms with Gasteiger partial charge in [0.05, 0.1) is 18.8 Å². The molecule has 108 valence electrons. The van der Waals surface area contributed by atoms with Crippen LogP contribution >= 0.6 is 11.6 Å². The molecule has 0 spiro atoms. The highest BCUT2D eigenvalue weighted by Gasteiger charge is 2.25. The first kappa shape index (κ1) is 13.9. The van der Waals surface area contributed by atoms with Crippen LogP contribution in [0.2, 0.25) is 5.02 Å². The summed E-state index contributed by atoms with van der Waals surface area (Å²) >= 11 is 6.01. The number of ether oxygens (including phenoxy) is 1. The third-order valence-corrected chi connectivity index (χ3v) is 3.65. The summed E-state index contributed by atoms with van der Waals surface area (Å²) in [6.45, 7) is 0.486. The molecule has 0 aromatic heterocycles. The fraction of sp³-hybridized carbons (Fsp3) is 0.188. The number of amides is 1. The maximum atomic E-state index is 12.1. The Balaban J connectivity index is 1.90. The molecule has 2 aromatic rings. The zero-order valence-corrected chi connectivity index (χ0v) is 12.0. The fourth-order valence-electron chi connectivity index (χ4n) is 2.28. The van der Waals surface area contributed by atoms with Crippen LogP contribution in [0.25, 0.3) is 0 Å². The summed E-state index contributed by atoms with van der Waals surface area (Å²) in [7, 11) is 0. The van der Waals surface area contributed by atoms with Gasteiger partial charge in [-0.05, 0) is 29.3 Å². The molecule has 3 rings (SSSR count). The standard InChI is InChI=1S/C16H14ClNO3/c17-13-5-6-15-14(7-13)18(16(20)10-21-15)8-11-1-3-12(9-19)4-2-11/h1-7,19H,8-10H2. The molecule has 0 atom stereocenters. The molecule has 1 N–H and O–H groups in total. The SMILES string of the molecule is O=C1COc2ccc(Cl)cc2N1Cc1ccc(CO)cc1. The molecule has 1 heterocycles. The van der Waals surface area contributed by atoms with Gasteiger partial charge in [-0.1, -0.05) is 35.9 Å². The van der Waals surface area contributed by atoms with Crippen molar-refractivity contribution < 1.29 is 14.6 Å².